The van der Waals surface area contributed by atoms with Gasteiger partial charge in [0.25, 0.3) is 0 Å². The van der Waals surface area contributed by atoms with Crippen molar-refractivity contribution >= 4 is 46.9 Å². The number of amides is 3. The Labute approximate surface area is 246 Å². The molecule has 4 heterocycles. The molecule has 1 saturated heterocycles. The van der Waals surface area contributed by atoms with Crippen LogP contribution in [0.5, 0.6) is 0 Å². The Bertz CT molecular complexity index is 1590. The van der Waals surface area contributed by atoms with Crippen LogP contribution in [0, 0.1) is 0 Å². The summed E-state index contributed by atoms with van der Waals surface area (Å²) in [6.45, 7) is 0.598. The maximum absolute atomic E-state index is 14.1. The van der Waals surface area contributed by atoms with Crippen LogP contribution in [0.15, 0.2) is 42.6 Å². The number of rotatable bonds is 3. The van der Waals surface area contributed by atoms with Crippen molar-refractivity contribution in [3.8, 4) is 11.3 Å². The number of halogens is 1. The number of esters is 1. The van der Waals surface area contributed by atoms with E-state index in [4.69, 9.17) is 21.1 Å². The average Bonchev–Trinajstić information content (AvgIpc) is 3.61. The number of nitrogens with one attached hydrogen (secondary N) is 3. The number of fused-ring (bicyclic) bond motifs is 6. The second kappa shape index (κ2) is 11.1. The van der Waals surface area contributed by atoms with Gasteiger partial charge in [-0.15, -0.1) is 0 Å². The van der Waals surface area contributed by atoms with Crippen molar-refractivity contribution < 1.29 is 28.7 Å². The van der Waals surface area contributed by atoms with Gasteiger partial charge in [0, 0.05) is 35.5 Å². The first-order chi connectivity index (χ1) is 20.2. The molecule has 12 heteroatoms. The van der Waals surface area contributed by atoms with Gasteiger partial charge in [0.05, 0.1) is 49.3 Å². The summed E-state index contributed by atoms with van der Waals surface area (Å²) in [6.07, 6.45) is 3.60. The average molecular weight is 592 g/mol. The summed E-state index contributed by atoms with van der Waals surface area (Å²) in [6, 6.07) is 10.6. The molecule has 0 aliphatic carbocycles. The first-order valence-electron chi connectivity index (χ1n) is 13.9. The van der Waals surface area contributed by atoms with Gasteiger partial charge in [0.1, 0.15) is 5.82 Å². The molecule has 42 heavy (non-hydrogen) atoms. The zero-order chi connectivity index (χ0) is 29.4. The molecule has 3 aliphatic rings. The lowest BCUT2D eigenvalue weighted by Gasteiger charge is -2.35. The van der Waals surface area contributed by atoms with E-state index in [2.05, 4.69) is 20.6 Å². The van der Waals surface area contributed by atoms with Gasteiger partial charge in [-0.05, 0) is 42.7 Å². The van der Waals surface area contributed by atoms with Gasteiger partial charge in [0.15, 0.2) is 5.60 Å². The maximum atomic E-state index is 14.1. The Morgan fingerprint density at radius 1 is 1.14 bits per heavy atom. The van der Waals surface area contributed by atoms with Crippen molar-refractivity contribution in [2.45, 2.75) is 50.0 Å². The number of methoxy groups -OCH3 is 1. The van der Waals surface area contributed by atoms with Gasteiger partial charge in [-0.2, -0.15) is 0 Å². The summed E-state index contributed by atoms with van der Waals surface area (Å²) in [4.78, 5) is 60.7. The molecule has 3 aliphatic heterocycles. The van der Waals surface area contributed by atoms with Crippen molar-refractivity contribution in [1.29, 1.82) is 0 Å². The fraction of sp³-hybridized carbons (Fsp3) is 0.367. The van der Waals surface area contributed by atoms with Crippen molar-refractivity contribution in [3.63, 3.8) is 0 Å². The minimum absolute atomic E-state index is 0.0732. The number of hydrogen-bond donors (Lipinski definition) is 3. The molecule has 218 valence electrons. The van der Waals surface area contributed by atoms with Gasteiger partial charge >= 0.3 is 12.1 Å². The number of imidazole rings is 1. The summed E-state index contributed by atoms with van der Waals surface area (Å²) < 4.78 is 10.6. The number of nitrogens with zero attached hydrogens (tertiary/aromatic N) is 2. The lowest BCUT2D eigenvalue weighted by Crippen LogP contribution is -2.43. The van der Waals surface area contributed by atoms with E-state index in [0.29, 0.717) is 71.3 Å². The van der Waals surface area contributed by atoms with Crippen LogP contribution >= 0.6 is 11.6 Å². The van der Waals surface area contributed by atoms with E-state index in [9.17, 15) is 19.2 Å². The molecule has 3 aromatic rings. The molecule has 2 atom stereocenters. The number of likely N-dealkylation sites (tertiary alicyclic amines) is 1. The predicted molar refractivity (Wildman–Crippen MR) is 154 cm³/mol. The third-order valence-corrected chi connectivity index (χ3v) is 8.37. The summed E-state index contributed by atoms with van der Waals surface area (Å²) in [5.74, 6) is -0.704. The van der Waals surface area contributed by atoms with Crippen LogP contribution in [0.25, 0.3) is 11.3 Å². The van der Waals surface area contributed by atoms with Crippen LogP contribution in [0.2, 0.25) is 5.02 Å². The predicted octanol–water partition coefficient (Wildman–Crippen LogP) is 4.73. The Morgan fingerprint density at radius 2 is 2.00 bits per heavy atom. The fourth-order valence-electron chi connectivity index (χ4n) is 6.02. The first-order valence-corrected chi connectivity index (χ1v) is 14.3. The Balaban J connectivity index is 1.29. The molecule has 6 rings (SSSR count). The van der Waals surface area contributed by atoms with E-state index < -0.39 is 17.6 Å². The number of anilines is 2. The number of aromatic amines is 1. The van der Waals surface area contributed by atoms with E-state index >= 15 is 0 Å². The van der Waals surface area contributed by atoms with Crippen LogP contribution in [0.1, 0.15) is 55.0 Å². The third-order valence-electron chi connectivity index (χ3n) is 8.14. The van der Waals surface area contributed by atoms with Crippen LogP contribution < -0.4 is 10.6 Å². The monoisotopic (exact) mass is 591 g/mol. The molecule has 0 unspecified atom stereocenters. The second-order valence-corrected chi connectivity index (χ2v) is 11.3. The minimum atomic E-state index is -0.989. The molecule has 1 spiro atoms. The fourth-order valence-corrected chi connectivity index (χ4v) is 6.19. The number of aromatic nitrogens is 2. The van der Waals surface area contributed by atoms with Crippen molar-refractivity contribution in [2.24, 2.45) is 0 Å². The van der Waals surface area contributed by atoms with E-state index in [0.717, 1.165) is 5.56 Å². The minimum Gasteiger partial charge on any atom is -0.469 e. The summed E-state index contributed by atoms with van der Waals surface area (Å²) >= 11 is 6.28. The molecule has 2 bridgehead atoms. The van der Waals surface area contributed by atoms with Crippen LogP contribution in [-0.2, 0) is 35.9 Å². The third kappa shape index (κ3) is 5.32. The van der Waals surface area contributed by atoms with E-state index in [1.807, 2.05) is 6.07 Å². The largest absolute Gasteiger partial charge is 0.469 e. The number of carbonyl (C=O) groups is 4. The Hall–Kier alpha value is -4.38. The number of carbonyl (C=O) groups excluding carboxylic acids is 4. The number of benzene rings is 2. The molecule has 11 nitrogen and oxygen atoms in total. The highest BCUT2D eigenvalue weighted by molar-refractivity contribution is 6.30. The zero-order valence-electron chi connectivity index (χ0n) is 23.0. The Kier molecular flexibility index (Phi) is 7.36. The summed E-state index contributed by atoms with van der Waals surface area (Å²) in [5.41, 5.74) is 2.96. The van der Waals surface area contributed by atoms with Gasteiger partial charge in [-0.3, -0.25) is 19.7 Å². The molecular weight excluding hydrogens is 562 g/mol. The van der Waals surface area contributed by atoms with Gasteiger partial charge in [-0.25, -0.2) is 9.78 Å². The van der Waals surface area contributed by atoms with Crippen LogP contribution in [0.4, 0.5) is 16.2 Å². The molecule has 1 fully saturated rings. The maximum Gasteiger partial charge on any atom is 0.412 e. The molecular formula is C30H30ClN5O6. The van der Waals surface area contributed by atoms with E-state index in [-0.39, 0.29) is 37.2 Å². The topological polar surface area (TPSA) is 143 Å². The highest BCUT2D eigenvalue weighted by atomic mass is 35.5. The molecule has 2 aromatic carbocycles. The van der Waals surface area contributed by atoms with Crippen LogP contribution in [0.3, 0.4) is 0 Å². The standard InChI is InChI=1S/C30H30ClN5O6/c1-41-26(38)13-17-6-8-19-23(12-17)33-25(37)5-3-2-4-20(27-32-15-24(19)34-27)28(39)36-11-10-30(16-36)21-14-18(31)7-9-22(21)35-29(40)42-30/h6-9,12,14-15,20H,2-5,10-11,13,16H2,1H3,(H,32,34)(H,33,37)(H,35,40)/t20-,30-/m0/s1. The summed E-state index contributed by atoms with van der Waals surface area (Å²) in [5, 5.41) is 6.20. The summed E-state index contributed by atoms with van der Waals surface area (Å²) in [7, 11) is 1.33. The van der Waals surface area contributed by atoms with Crippen molar-refractivity contribution in [2.75, 3.05) is 30.8 Å². The van der Waals surface area contributed by atoms with E-state index in [1.54, 1.807) is 41.4 Å². The lowest BCUT2D eigenvalue weighted by molar-refractivity contribution is -0.139. The number of hydrogen-bond acceptors (Lipinski definition) is 7. The second-order valence-electron chi connectivity index (χ2n) is 10.9. The van der Waals surface area contributed by atoms with Gasteiger partial charge in [-0.1, -0.05) is 30.2 Å². The first kappa shape index (κ1) is 27.8. The number of ether oxygens (including phenoxy) is 2. The highest BCUT2D eigenvalue weighted by Gasteiger charge is 2.49. The van der Waals surface area contributed by atoms with Crippen molar-refractivity contribution in [1.82, 2.24) is 14.9 Å². The van der Waals surface area contributed by atoms with Crippen molar-refractivity contribution in [3.05, 3.63) is 64.6 Å². The molecule has 1 aromatic heterocycles. The lowest BCUT2D eigenvalue weighted by atomic mass is 9.90. The quantitative estimate of drug-likeness (QED) is 0.374. The van der Waals surface area contributed by atoms with Crippen LogP contribution in [-0.4, -0.2) is 58.9 Å². The van der Waals surface area contributed by atoms with Gasteiger partial charge in [0.2, 0.25) is 11.8 Å². The Morgan fingerprint density at radius 3 is 2.83 bits per heavy atom. The SMILES string of the molecule is COC(=O)Cc1ccc2c(c1)NC(=O)CCCC[C@H](C(=O)N1CC[C@@]3(C1)OC(=O)Nc1ccc(Cl)cc13)c1ncc-2[nH]1. The van der Waals surface area contributed by atoms with E-state index in [1.165, 1.54) is 7.11 Å². The smallest absolute Gasteiger partial charge is 0.412 e. The van der Waals surface area contributed by atoms with Gasteiger partial charge < -0.3 is 24.7 Å². The molecule has 0 radical (unpaired) electrons. The normalized spacial score (nSPS) is 21.7. The molecule has 3 amide bonds. The molecule has 3 N–H and O–H groups in total. The molecule has 0 saturated carbocycles. The highest BCUT2D eigenvalue weighted by Crippen LogP contribution is 2.44. The zero-order valence-corrected chi connectivity index (χ0v) is 23.8. The number of H-pyrrole nitrogens is 1.